The summed E-state index contributed by atoms with van der Waals surface area (Å²) < 4.78 is 11.0. The normalized spacial score (nSPS) is 15.3. The Morgan fingerprint density at radius 2 is 2.09 bits per heavy atom. The zero-order valence-corrected chi connectivity index (χ0v) is 15.4. The lowest BCUT2D eigenvalue weighted by molar-refractivity contribution is 0.00518. The lowest BCUT2D eigenvalue weighted by Crippen LogP contribution is -2.60. The van der Waals surface area contributed by atoms with Crippen LogP contribution in [0.1, 0.15) is 26.3 Å². The van der Waals surface area contributed by atoms with Crippen LogP contribution in [0.3, 0.4) is 0 Å². The highest BCUT2D eigenvalue weighted by atomic mass is 79.9. The van der Waals surface area contributed by atoms with Gasteiger partial charge in [0, 0.05) is 25.7 Å². The molecular formula is C16H23BrN2O4. The van der Waals surface area contributed by atoms with Crippen molar-refractivity contribution in [2.45, 2.75) is 39.0 Å². The van der Waals surface area contributed by atoms with Gasteiger partial charge in [-0.2, -0.15) is 0 Å². The highest BCUT2D eigenvalue weighted by Gasteiger charge is 2.33. The summed E-state index contributed by atoms with van der Waals surface area (Å²) in [4.78, 5) is 13.5. The second-order valence-corrected chi connectivity index (χ2v) is 7.45. The number of phenols is 1. The maximum Gasteiger partial charge on any atom is 0.410 e. The first-order chi connectivity index (χ1) is 10.7. The molecule has 1 fully saturated rings. The van der Waals surface area contributed by atoms with Gasteiger partial charge in [-0.15, -0.1) is 0 Å². The maximum atomic E-state index is 11.9. The molecule has 1 aliphatic rings. The molecule has 1 aromatic rings. The van der Waals surface area contributed by atoms with Crippen LogP contribution >= 0.6 is 15.9 Å². The first kappa shape index (κ1) is 17.9. The minimum atomic E-state index is -0.468. The number of ether oxygens (including phenoxy) is 2. The molecule has 2 rings (SSSR count). The summed E-state index contributed by atoms with van der Waals surface area (Å²) in [5, 5.41) is 13.2. The molecule has 0 bridgehead atoms. The van der Waals surface area contributed by atoms with Crippen LogP contribution in [0.5, 0.6) is 11.5 Å². The molecule has 1 heterocycles. The average molecular weight is 387 g/mol. The number of halogens is 1. The fourth-order valence-corrected chi connectivity index (χ4v) is 2.72. The standard InChI is InChI=1S/C16H23BrN2O4/c1-16(2,3)23-15(21)19-8-11(9-19)18-7-10-5-12(17)14(20)13(6-10)22-4/h5-6,11,18,20H,7-9H2,1-4H3. The molecule has 1 aliphatic heterocycles. The third-order valence-electron chi connectivity index (χ3n) is 3.44. The lowest BCUT2D eigenvalue weighted by Gasteiger charge is -2.40. The van der Waals surface area contributed by atoms with Gasteiger partial charge in [-0.3, -0.25) is 0 Å². The number of phenolic OH excluding ortho intramolecular Hbond substituents is 1. The van der Waals surface area contributed by atoms with Gasteiger partial charge in [0.25, 0.3) is 0 Å². The van der Waals surface area contributed by atoms with Crippen LogP contribution in [-0.2, 0) is 11.3 Å². The summed E-state index contributed by atoms with van der Waals surface area (Å²) in [5.41, 5.74) is 0.520. The minimum absolute atomic E-state index is 0.0935. The van der Waals surface area contributed by atoms with Crippen molar-refractivity contribution in [1.82, 2.24) is 10.2 Å². The van der Waals surface area contributed by atoms with Gasteiger partial charge in [0.1, 0.15) is 5.60 Å². The van der Waals surface area contributed by atoms with Crippen LogP contribution in [0.25, 0.3) is 0 Å². The summed E-state index contributed by atoms with van der Waals surface area (Å²) in [6.45, 7) is 7.46. The number of carbonyl (C=O) groups excluding carboxylic acids is 1. The van der Waals surface area contributed by atoms with E-state index in [9.17, 15) is 9.90 Å². The number of likely N-dealkylation sites (tertiary alicyclic amines) is 1. The van der Waals surface area contributed by atoms with Crippen LogP contribution in [0.4, 0.5) is 4.79 Å². The Balaban J connectivity index is 1.81. The minimum Gasteiger partial charge on any atom is -0.503 e. The number of hydrogen-bond donors (Lipinski definition) is 2. The van der Waals surface area contributed by atoms with E-state index in [0.29, 0.717) is 29.9 Å². The Hall–Kier alpha value is -1.47. The van der Waals surface area contributed by atoms with Crippen LogP contribution in [0.15, 0.2) is 16.6 Å². The number of rotatable bonds is 4. The molecule has 6 nitrogen and oxygen atoms in total. The topological polar surface area (TPSA) is 71.0 Å². The first-order valence-electron chi connectivity index (χ1n) is 7.46. The quantitative estimate of drug-likeness (QED) is 0.832. The van der Waals surface area contributed by atoms with Crippen LogP contribution in [-0.4, -0.2) is 47.9 Å². The average Bonchev–Trinajstić information content (AvgIpc) is 2.38. The summed E-state index contributed by atoms with van der Waals surface area (Å²) in [7, 11) is 1.52. The van der Waals surface area contributed by atoms with Gasteiger partial charge < -0.3 is 24.8 Å². The zero-order chi connectivity index (χ0) is 17.2. The molecular weight excluding hydrogens is 364 g/mol. The Bertz CT molecular complexity index is 580. The molecule has 0 aromatic heterocycles. The summed E-state index contributed by atoms with van der Waals surface area (Å²) in [5.74, 6) is 0.524. The van der Waals surface area contributed by atoms with Crippen molar-refractivity contribution in [1.29, 1.82) is 0 Å². The van der Waals surface area contributed by atoms with Crippen molar-refractivity contribution in [3.63, 3.8) is 0 Å². The van der Waals surface area contributed by atoms with Gasteiger partial charge in [0.05, 0.1) is 11.6 Å². The number of carbonyl (C=O) groups is 1. The largest absolute Gasteiger partial charge is 0.503 e. The van der Waals surface area contributed by atoms with E-state index < -0.39 is 5.60 Å². The van der Waals surface area contributed by atoms with Crippen molar-refractivity contribution in [3.8, 4) is 11.5 Å². The summed E-state index contributed by atoms with van der Waals surface area (Å²) in [6.07, 6.45) is -0.274. The smallest absolute Gasteiger partial charge is 0.410 e. The highest BCUT2D eigenvalue weighted by molar-refractivity contribution is 9.10. The fourth-order valence-electron chi connectivity index (χ4n) is 2.23. The molecule has 23 heavy (non-hydrogen) atoms. The van der Waals surface area contributed by atoms with Crippen molar-refractivity contribution in [3.05, 3.63) is 22.2 Å². The molecule has 0 saturated carbocycles. The Kier molecular flexibility index (Phi) is 5.41. The van der Waals surface area contributed by atoms with E-state index in [4.69, 9.17) is 9.47 Å². The lowest BCUT2D eigenvalue weighted by atomic mass is 10.1. The molecule has 0 aliphatic carbocycles. The Labute approximate surface area is 144 Å². The van der Waals surface area contributed by atoms with Gasteiger partial charge in [0.2, 0.25) is 0 Å². The molecule has 7 heteroatoms. The van der Waals surface area contributed by atoms with Gasteiger partial charge in [0.15, 0.2) is 11.5 Å². The van der Waals surface area contributed by atoms with E-state index in [1.165, 1.54) is 7.11 Å². The Morgan fingerprint density at radius 3 is 2.65 bits per heavy atom. The summed E-state index contributed by atoms with van der Waals surface area (Å²) in [6, 6.07) is 3.87. The SMILES string of the molecule is COc1cc(CNC2CN(C(=O)OC(C)(C)C)C2)cc(Br)c1O. The second kappa shape index (κ2) is 6.97. The van der Waals surface area contributed by atoms with E-state index in [1.807, 2.05) is 26.8 Å². The van der Waals surface area contributed by atoms with E-state index >= 15 is 0 Å². The molecule has 1 aromatic carbocycles. The van der Waals surface area contributed by atoms with Crippen LogP contribution in [0, 0.1) is 0 Å². The van der Waals surface area contributed by atoms with Gasteiger partial charge in [-0.25, -0.2) is 4.79 Å². The number of aromatic hydroxyl groups is 1. The monoisotopic (exact) mass is 386 g/mol. The molecule has 0 atom stereocenters. The molecule has 1 amide bonds. The second-order valence-electron chi connectivity index (χ2n) is 6.59. The maximum absolute atomic E-state index is 11.9. The predicted octanol–water partition coefficient (Wildman–Crippen LogP) is 2.87. The van der Waals surface area contributed by atoms with Crippen LogP contribution in [0.2, 0.25) is 0 Å². The van der Waals surface area contributed by atoms with E-state index in [2.05, 4.69) is 21.2 Å². The molecule has 0 spiro atoms. The number of methoxy groups -OCH3 is 1. The third-order valence-corrected chi connectivity index (χ3v) is 4.04. The van der Waals surface area contributed by atoms with Crippen molar-refractivity contribution >= 4 is 22.0 Å². The fraction of sp³-hybridized carbons (Fsp3) is 0.562. The number of amides is 1. The van der Waals surface area contributed by atoms with E-state index in [0.717, 1.165) is 5.56 Å². The van der Waals surface area contributed by atoms with E-state index in [-0.39, 0.29) is 17.9 Å². The molecule has 1 saturated heterocycles. The first-order valence-corrected chi connectivity index (χ1v) is 8.25. The van der Waals surface area contributed by atoms with E-state index in [1.54, 1.807) is 11.0 Å². The van der Waals surface area contributed by atoms with Crippen molar-refractivity contribution < 1.29 is 19.4 Å². The number of nitrogens with zero attached hydrogens (tertiary/aromatic N) is 1. The number of nitrogens with one attached hydrogen (secondary N) is 1. The molecule has 0 radical (unpaired) electrons. The van der Waals surface area contributed by atoms with Crippen LogP contribution < -0.4 is 10.1 Å². The van der Waals surface area contributed by atoms with Gasteiger partial charge >= 0.3 is 6.09 Å². The van der Waals surface area contributed by atoms with Gasteiger partial charge in [-0.1, -0.05) is 0 Å². The summed E-state index contributed by atoms with van der Waals surface area (Å²) >= 11 is 3.31. The highest BCUT2D eigenvalue weighted by Crippen LogP contribution is 2.35. The molecule has 128 valence electrons. The zero-order valence-electron chi connectivity index (χ0n) is 13.9. The van der Waals surface area contributed by atoms with Crippen molar-refractivity contribution in [2.24, 2.45) is 0 Å². The number of benzene rings is 1. The predicted molar refractivity (Wildman–Crippen MR) is 90.8 cm³/mol. The Morgan fingerprint density at radius 1 is 1.43 bits per heavy atom. The van der Waals surface area contributed by atoms with Gasteiger partial charge in [-0.05, 0) is 54.4 Å². The van der Waals surface area contributed by atoms with Crippen molar-refractivity contribution in [2.75, 3.05) is 20.2 Å². The third kappa shape index (κ3) is 4.75. The number of hydrogen-bond acceptors (Lipinski definition) is 5. The molecule has 0 unspecified atom stereocenters. The molecule has 2 N–H and O–H groups in total.